The number of urea groups is 1. The number of hydrogen-bond donors (Lipinski definition) is 3. The Hall–Kier alpha value is -2.90. The molecule has 0 saturated heterocycles. The largest absolute Gasteiger partial charge is 0.452 e. The van der Waals surface area contributed by atoms with Crippen molar-refractivity contribution >= 4 is 29.5 Å². The first-order valence-corrected chi connectivity index (χ1v) is 6.90. The molecule has 4 amide bonds. The zero-order valence-electron chi connectivity index (χ0n) is 13.1. The fourth-order valence-corrected chi connectivity index (χ4v) is 1.64. The lowest BCUT2D eigenvalue weighted by atomic mass is 10.1. The highest BCUT2D eigenvalue weighted by Crippen LogP contribution is 2.10. The van der Waals surface area contributed by atoms with Crippen LogP contribution in [0, 0.1) is 0 Å². The van der Waals surface area contributed by atoms with Gasteiger partial charge in [0.15, 0.2) is 6.10 Å². The van der Waals surface area contributed by atoms with Crippen LogP contribution in [0.25, 0.3) is 0 Å². The van der Waals surface area contributed by atoms with Gasteiger partial charge in [0.1, 0.15) is 0 Å². The number of imide groups is 1. The van der Waals surface area contributed by atoms with Crippen LogP contribution in [0.1, 0.15) is 19.4 Å². The predicted molar refractivity (Wildman–Crippen MR) is 82.6 cm³/mol. The number of ether oxygens (including phenoxy) is 1. The fraction of sp³-hybridized carbons (Fsp3) is 0.333. The summed E-state index contributed by atoms with van der Waals surface area (Å²) in [4.78, 5) is 45.2. The van der Waals surface area contributed by atoms with E-state index in [9.17, 15) is 19.2 Å². The van der Waals surface area contributed by atoms with Gasteiger partial charge in [-0.1, -0.05) is 12.1 Å². The molecule has 8 nitrogen and oxygen atoms in total. The second-order valence-electron chi connectivity index (χ2n) is 4.76. The highest BCUT2D eigenvalue weighted by Gasteiger charge is 2.19. The summed E-state index contributed by atoms with van der Waals surface area (Å²) in [6.45, 7) is 2.77. The van der Waals surface area contributed by atoms with Gasteiger partial charge in [0.05, 0.1) is 6.42 Å². The summed E-state index contributed by atoms with van der Waals surface area (Å²) in [5, 5.41) is 6.85. The van der Waals surface area contributed by atoms with Crippen LogP contribution in [0.3, 0.4) is 0 Å². The molecule has 0 saturated carbocycles. The third-order valence-electron chi connectivity index (χ3n) is 2.76. The van der Waals surface area contributed by atoms with Crippen molar-refractivity contribution in [1.29, 1.82) is 0 Å². The molecule has 0 aliphatic carbocycles. The molecule has 0 spiro atoms. The number of hydrogen-bond acceptors (Lipinski definition) is 5. The highest BCUT2D eigenvalue weighted by molar-refractivity contribution is 5.97. The van der Waals surface area contributed by atoms with Crippen molar-refractivity contribution < 1.29 is 23.9 Å². The molecule has 8 heteroatoms. The Bertz CT molecular complexity index is 598. The maximum absolute atomic E-state index is 11.8. The smallest absolute Gasteiger partial charge is 0.321 e. The maximum atomic E-state index is 11.8. The Labute approximate surface area is 133 Å². The third kappa shape index (κ3) is 6.60. The van der Waals surface area contributed by atoms with Crippen LogP contribution in [0.4, 0.5) is 10.5 Å². The number of carbonyl (C=O) groups excluding carboxylic acids is 4. The monoisotopic (exact) mass is 321 g/mol. The molecule has 0 radical (unpaired) electrons. The molecular formula is C15H19N3O5. The maximum Gasteiger partial charge on any atom is 0.321 e. The van der Waals surface area contributed by atoms with Crippen LogP contribution in [0.2, 0.25) is 0 Å². The van der Waals surface area contributed by atoms with E-state index >= 15 is 0 Å². The van der Waals surface area contributed by atoms with Gasteiger partial charge in [0.25, 0.3) is 5.91 Å². The van der Waals surface area contributed by atoms with Crippen molar-refractivity contribution in [2.45, 2.75) is 26.4 Å². The van der Waals surface area contributed by atoms with Crippen LogP contribution in [-0.4, -0.2) is 37.0 Å². The van der Waals surface area contributed by atoms with E-state index in [1.54, 1.807) is 24.3 Å². The molecule has 3 N–H and O–H groups in total. The normalized spacial score (nSPS) is 11.1. The van der Waals surface area contributed by atoms with Crippen molar-refractivity contribution in [3.63, 3.8) is 0 Å². The van der Waals surface area contributed by atoms with Crippen LogP contribution in [0.15, 0.2) is 24.3 Å². The minimum atomic E-state index is -1.08. The molecule has 0 aliphatic rings. The molecule has 0 heterocycles. The zero-order chi connectivity index (χ0) is 17.4. The molecule has 0 fully saturated rings. The minimum absolute atomic E-state index is 0.0298. The summed E-state index contributed by atoms with van der Waals surface area (Å²) in [6, 6.07) is 5.98. The van der Waals surface area contributed by atoms with E-state index in [1.165, 1.54) is 20.9 Å². The number of anilines is 1. The lowest BCUT2D eigenvalue weighted by Gasteiger charge is -2.12. The topological polar surface area (TPSA) is 114 Å². The molecule has 1 rings (SSSR count). The molecule has 0 bridgehead atoms. The van der Waals surface area contributed by atoms with Gasteiger partial charge in [-0.15, -0.1) is 0 Å². The summed E-state index contributed by atoms with van der Waals surface area (Å²) in [7, 11) is 1.36. The van der Waals surface area contributed by atoms with Crippen molar-refractivity contribution in [1.82, 2.24) is 10.6 Å². The summed E-state index contributed by atoms with van der Waals surface area (Å²) < 4.78 is 4.96. The molecular weight excluding hydrogens is 302 g/mol. The van der Waals surface area contributed by atoms with Gasteiger partial charge in [-0.25, -0.2) is 4.79 Å². The molecule has 1 aromatic rings. The van der Waals surface area contributed by atoms with Crippen LogP contribution in [0.5, 0.6) is 0 Å². The Morgan fingerprint density at radius 1 is 1.13 bits per heavy atom. The summed E-state index contributed by atoms with van der Waals surface area (Å²) in [5.74, 6) is -1.50. The third-order valence-corrected chi connectivity index (χ3v) is 2.76. The van der Waals surface area contributed by atoms with Crippen molar-refractivity contribution in [2.75, 3.05) is 12.4 Å². The first-order chi connectivity index (χ1) is 10.8. The van der Waals surface area contributed by atoms with Gasteiger partial charge < -0.3 is 15.4 Å². The van der Waals surface area contributed by atoms with E-state index in [4.69, 9.17) is 4.74 Å². The highest BCUT2D eigenvalue weighted by atomic mass is 16.5. The summed E-state index contributed by atoms with van der Waals surface area (Å²) in [6.07, 6.45) is -1.11. The van der Waals surface area contributed by atoms with Crippen LogP contribution in [-0.2, 0) is 25.5 Å². The van der Waals surface area contributed by atoms with E-state index in [0.29, 0.717) is 11.3 Å². The van der Waals surface area contributed by atoms with Crippen LogP contribution < -0.4 is 16.0 Å². The number of esters is 1. The van der Waals surface area contributed by atoms with Gasteiger partial charge >= 0.3 is 12.0 Å². The Morgan fingerprint density at radius 3 is 2.26 bits per heavy atom. The lowest BCUT2D eigenvalue weighted by molar-refractivity contribution is -0.153. The van der Waals surface area contributed by atoms with E-state index in [-0.39, 0.29) is 12.3 Å². The van der Waals surface area contributed by atoms with E-state index in [2.05, 4.69) is 10.6 Å². The standard InChI is InChI=1S/C15H19N3O5/c1-9(14(21)18-15(22)16-3)23-13(20)8-11-4-6-12(7-5-11)17-10(2)19/h4-7,9H,8H2,1-3H3,(H,17,19)(H2,16,18,21,22)/t9-/m1/s1. The van der Waals surface area contributed by atoms with E-state index in [1.807, 2.05) is 5.32 Å². The molecule has 0 aliphatic heterocycles. The predicted octanol–water partition coefficient (Wildman–Crippen LogP) is 0.575. The number of carbonyl (C=O) groups is 4. The van der Waals surface area contributed by atoms with Gasteiger partial charge in [-0.3, -0.25) is 19.7 Å². The van der Waals surface area contributed by atoms with Gasteiger partial charge in [-0.05, 0) is 24.6 Å². The van der Waals surface area contributed by atoms with Crippen molar-refractivity contribution in [2.24, 2.45) is 0 Å². The van der Waals surface area contributed by atoms with E-state index < -0.39 is 24.0 Å². The molecule has 1 atom stereocenters. The van der Waals surface area contributed by atoms with Gasteiger partial charge in [0, 0.05) is 19.7 Å². The average molecular weight is 321 g/mol. The Morgan fingerprint density at radius 2 is 1.74 bits per heavy atom. The second kappa shape index (κ2) is 8.52. The minimum Gasteiger partial charge on any atom is -0.452 e. The number of benzene rings is 1. The number of amides is 4. The average Bonchev–Trinajstić information content (AvgIpc) is 2.48. The first kappa shape index (κ1) is 18.1. The first-order valence-electron chi connectivity index (χ1n) is 6.90. The molecule has 1 aromatic carbocycles. The van der Waals surface area contributed by atoms with Crippen molar-refractivity contribution in [3.8, 4) is 0 Å². The number of rotatable bonds is 5. The molecule has 124 valence electrons. The van der Waals surface area contributed by atoms with Gasteiger partial charge in [-0.2, -0.15) is 0 Å². The molecule has 23 heavy (non-hydrogen) atoms. The lowest BCUT2D eigenvalue weighted by Crippen LogP contribution is -2.43. The Balaban J connectivity index is 2.51. The van der Waals surface area contributed by atoms with Gasteiger partial charge in [0.2, 0.25) is 5.91 Å². The van der Waals surface area contributed by atoms with Crippen molar-refractivity contribution in [3.05, 3.63) is 29.8 Å². The fourth-order valence-electron chi connectivity index (χ4n) is 1.64. The second-order valence-corrected chi connectivity index (χ2v) is 4.76. The SMILES string of the molecule is CNC(=O)NC(=O)[C@@H](C)OC(=O)Cc1ccc(NC(C)=O)cc1. The van der Waals surface area contributed by atoms with Crippen LogP contribution >= 0.6 is 0 Å². The zero-order valence-corrected chi connectivity index (χ0v) is 13.1. The quantitative estimate of drug-likeness (QED) is 0.686. The molecule has 0 unspecified atom stereocenters. The van der Waals surface area contributed by atoms with E-state index in [0.717, 1.165) is 0 Å². The molecule has 0 aromatic heterocycles. The number of nitrogens with one attached hydrogen (secondary N) is 3. The summed E-state index contributed by atoms with van der Waals surface area (Å²) >= 11 is 0. The summed E-state index contributed by atoms with van der Waals surface area (Å²) in [5.41, 5.74) is 1.29. The Kier molecular flexibility index (Phi) is 6.72.